The van der Waals surface area contributed by atoms with Crippen LogP contribution in [0.15, 0.2) is 42.5 Å². The topological polar surface area (TPSA) is 112 Å². The highest BCUT2D eigenvalue weighted by Gasteiger charge is 2.35. The molecule has 2 aromatic carbocycles. The minimum Gasteiger partial charge on any atom is -0.379 e. The molecule has 2 fully saturated rings. The summed E-state index contributed by atoms with van der Waals surface area (Å²) in [4.78, 5) is 28.6. The van der Waals surface area contributed by atoms with Crippen LogP contribution >= 0.6 is 0 Å². The van der Waals surface area contributed by atoms with Crippen molar-refractivity contribution in [2.75, 3.05) is 57.9 Å². The van der Waals surface area contributed by atoms with Crippen LogP contribution in [0.2, 0.25) is 0 Å². The van der Waals surface area contributed by atoms with Gasteiger partial charge in [-0.05, 0) is 11.6 Å². The molecule has 2 aliphatic heterocycles. The number of benzene rings is 2. The average Bonchev–Trinajstić information content (AvgIpc) is 3.46. The van der Waals surface area contributed by atoms with Crippen LogP contribution in [0.4, 0.5) is 10.5 Å². The van der Waals surface area contributed by atoms with E-state index in [9.17, 15) is 9.59 Å². The second-order valence-electron chi connectivity index (χ2n) is 9.13. The number of anilines is 1. The van der Waals surface area contributed by atoms with E-state index in [1.165, 1.54) is 5.56 Å². The van der Waals surface area contributed by atoms with E-state index >= 15 is 0 Å². The number of carbonyl (C=O) groups excluding carboxylic acids is 2. The highest BCUT2D eigenvalue weighted by Crippen LogP contribution is 2.42. The third-order valence-corrected chi connectivity index (χ3v) is 6.81. The lowest BCUT2D eigenvalue weighted by molar-refractivity contribution is 0.0207. The van der Waals surface area contributed by atoms with Gasteiger partial charge in [0.2, 0.25) is 0 Å². The van der Waals surface area contributed by atoms with Crippen molar-refractivity contribution in [2.45, 2.75) is 6.54 Å². The predicted molar refractivity (Wildman–Crippen MR) is 134 cm³/mol. The number of nitrogens with zero attached hydrogens (tertiary/aromatic N) is 3. The van der Waals surface area contributed by atoms with Crippen LogP contribution < -0.4 is 10.7 Å². The fourth-order valence-corrected chi connectivity index (χ4v) is 4.96. The van der Waals surface area contributed by atoms with Crippen molar-refractivity contribution < 1.29 is 19.1 Å². The average molecular weight is 489 g/mol. The van der Waals surface area contributed by atoms with E-state index < -0.39 is 0 Å². The highest BCUT2D eigenvalue weighted by molar-refractivity contribution is 6.26. The molecule has 6 rings (SSSR count). The number of amides is 2. The standard InChI is InChI=1S/C26H28N6O4/c33-25-21-19(2-1-3-20(21)27-26(34)30-32-10-14-36-15-11-32)24-22(25)23(28-29-24)18-6-4-17(5-7-18)16-31-8-12-35-13-9-31/h1-7H,8-16H2,(H,28,29)(H2,27,30,34). The van der Waals surface area contributed by atoms with Gasteiger partial charge in [0.05, 0.1) is 48.9 Å². The minimum absolute atomic E-state index is 0.150. The van der Waals surface area contributed by atoms with E-state index in [-0.39, 0.29) is 11.8 Å². The van der Waals surface area contributed by atoms with Crippen molar-refractivity contribution in [3.63, 3.8) is 0 Å². The zero-order valence-corrected chi connectivity index (χ0v) is 19.9. The number of urea groups is 1. The summed E-state index contributed by atoms with van der Waals surface area (Å²) in [5.74, 6) is -0.150. The Morgan fingerprint density at radius 2 is 1.67 bits per heavy atom. The summed E-state index contributed by atoms with van der Waals surface area (Å²) in [6.45, 7) is 6.64. The van der Waals surface area contributed by atoms with Crippen LogP contribution in [0.1, 0.15) is 21.5 Å². The zero-order chi connectivity index (χ0) is 24.5. The third kappa shape index (κ3) is 4.40. The lowest BCUT2D eigenvalue weighted by Gasteiger charge is -2.27. The maximum atomic E-state index is 13.6. The smallest absolute Gasteiger partial charge is 0.333 e. The summed E-state index contributed by atoms with van der Waals surface area (Å²) in [6.07, 6.45) is 0. The molecule has 36 heavy (non-hydrogen) atoms. The molecule has 0 atom stereocenters. The quantitative estimate of drug-likeness (QED) is 0.396. The van der Waals surface area contributed by atoms with Crippen LogP contribution in [0.5, 0.6) is 0 Å². The van der Waals surface area contributed by atoms with Gasteiger partial charge in [0.15, 0.2) is 5.78 Å². The fraction of sp³-hybridized carbons (Fsp3) is 0.346. The number of rotatable bonds is 5. The van der Waals surface area contributed by atoms with Crippen LogP contribution in [-0.2, 0) is 16.0 Å². The molecule has 0 radical (unpaired) electrons. The summed E-state index contributed by atoms with van der Waals surface area (Å²) in [5.41, 5.74) is 8.42. The lowest BCUT2D eigenvalue weighted by Crippen LogP contribution is -2.49. The molecule has 2 saturated heterocycles. The summed E-state index contributed by atoms with van der Waals surface area (Å²) in [7, 11) is 0. The molecule has 3 aromatic rings. The van der Waals surface area contributed by atoms with Gasteiger partial charge in [-0.2, -0.15) is 5.10 Å². The van der Waals surface area contributed by atoms with Crippen molar-refractivity contribution in [1.29, 1.82) is 0 Å². The van der Waals surface area contributed by atoms with Gasteiger partial charge in [-0.25, -0.2) is 9.80 Å². The van der Waals surface area contributed by atoms with Gasteiger partial charge in [0.1, 0.15) is 5.69 Å². The number of nitrogens with one attached hydrogen (secondary N) is 3. The molecular formula is C26H28N6O4. The number of fused-ring (bicyclic) bond motifs is 3. The summed E-state index contributed by atoms with van der Waals surface area (Å²) in [5, 5.41) is 12.2. The number of hydrogen-bond acceptors (Lipinski definition) is 7. The lowest BCUT2D eigenvalue weighted by atomic mass is 10.0. The molecule has 2 amide bonds. The summed E-state index contributed by atoms with van der Waals surface area (Å²) < 4.78 is 10.7. The molecule has 1 aliphatic carbocycles. The Balaban J connectivity index is 1.21. The Kier molecular flexibility index (Phi) is 6.24. The van der Waals surface area contributed by atoms with Gasteiger partial charge >= 0.3 is 6.03 Å². The molecule has 0 bridgehead atoms. The van der Waals surface area contributed by atoms with Gasteiger partial charge in [0, 0.05) is 43.9 Å². The Bertz CT molecular complexity index is 1280. The first-order valence-electron chi connectivity index (χ1n) is 12.2. The number of aromatic nitrogens is 2. The third-order valence-electron chi connectivity index (χ3n) is 6.81. The molecule has 10 nitrogen and oxygen atoms in total. The number of carbonyl (C=O) groups is 2. The Morgan fingerprint density at radius 3 is 2.42 bits per heavy atom. The van der Waals surface area contributed by atoms with Crippen molar-refractivity contribution >= 4 is 17.5 Å². The molecule has 3 heterocycles. The number of ether oxygens (including phenoxy) is 2. The van der Waals surface area contributed by atoms with E-state index in [2.05, 4.69) is 38.0 Å². The van der Waals surface area contributed by atoms with E-state index in [1.54, 1.807) is 11.1 Å². The highest BCUT2D eigenvalue weighted by atomic mass is 16.5. The maximum Gasteiger partial charge on any atom is 0.333 e. The van der Waals surface area contributed by atoms with Gasteiger partial charge in [-0.1, -0.05) is 36.4 Å². The number of hydrogen-bond donors (Lipinski definition) is 3. The minimum atomic E-state index is -0.386. The monoisotopic (exact) mass is 488 g/mol. The van der Waals surface area contributed by atoms with Crippen molar-refractivity contribution in [2.24, 2.45) is 0 Å². The van der Waals surface area contributed by atoms with Gasteiger partial charge in [0.25, 0.3) is 0 Å². The number of hydrazine groups is 1. The molecule has 0 spiro atoms. The second kappa shape index (κ2) is 9.82. The summed E-state index contributed by atoms with van der Waals surface area (Å²) in [6, 6.07) is 13.2. The largest absolute Gasteiger partial charge is 0.379 e. The molecule has 1 aromatic heterocycles. The summed E-state index contributed by atoms with van der Waals surface area (Å²) >= 11 is 0. The Hall–Kier alpha value is -3.57. The molecule has 3 aliphatic rings. The van der Waals surface area contributed by atoms with Crippen molar-refractivity contribution in [3.05, 3.63) is 59.2 Å². The van der Waals surface area contributed by atoms with E-state index in [0.29, 0.717) is 54.5 Å². The van der Waals surface area contributed by atoms with Crippen molar-refractivity contribution in [3.8, 4) is 22.5 Å². The van der Waals surface area contributed by atoms with E-state index in [4.69, 9.17) is 9.47 Å². The van der Waals surface area contributed by atoms with E-state index in [0.717, 1.165) is 44.0 Å². The number of aromatic amines is 1. The predicted octanol–water partition coefficient (Wildman–Crippen LogP) is 2.49. The Labute approximate surface area is 208 Å². The number of ketones is 1. The first-order valence-corrected chi connectivity index (χ1v) is 12.2. The number of morpholine rings is 2. The zero-order valence-electron chi connectivity index (χ0n) is 19.9. The molecule has 3 N–H and O–H groups in total. The van der Waals surface area contributed by atoms with Crippen LogP contribution in [0.3, 0.4) is 0 Å². The van der Waals surface area contributed by atoms with Crippen LogP contribution in [0.25, 0.3) is 22.5 Å². The number of H-pyrrole nitrogens is 1. The van der Waals surface area contributed by atoms with E-state index in [1.807, 2.05) is 24.3 Å². The van der Waals surface area contributed by atoms with Gasteiger partial charge < -0.3 is 14.8 Å². The van der Waals surface area contributed by atoms with Crippen molar-refractivity contribution in [1.82, 2.24) is 25.5 Å². The van der Waals surface area contributed by atoms with Crippen LogP contribution in [-0.4, -0.2) is 84.5 Å². The van der Waals surface area contributed by atoms with Gasteiger partial charge in [-0.3, -0.25) is 20.2 Å². The SMILES string of the molecule is O=C(Nc1cccc2c1C(=O)c1c(-c3ccc(CN4CCOCC4)cc3)n[nH]c1-2)NN1CCOCC1. The normalized spacial score (nSPS) is 18.1. The molecular weight excluding hydrogens is 460 g/mol. The fourth-order valence-electron chi connectivity index (χ4n) is 4.96. The molecule has 186 valence electrons. The first kappa shape index (κ1) is 22.9. The Morgan fingerprint density at radius 1 is 0.944 bits per heavy atom. The molecule has 0 unspecified atom stereocenters. The maximum absolute atomic E-state index is 13.6. The van der Waals surface area contributed by atoms with Gasteiger partial charge in [-0.15, -0.1) is 0 Å². The molecule has 10 heteroatoms. The second-order valence-corrected chi connectivity index (χ2v) is 9.13. The first-order chi connectivity index (χ1) is 17.7. The molecule has 0 saturated carbocycles. The van der Waals surface area contributed by atoms with Crippen LogP contribution in [0, 0.1) is 0 Å².